The third kappa shape index (κ3) is 1.46. The summed E-state index contributed by atoms with van der Waals surface area (Å²) in [4.78, 5) is 11.4. The van der Waals surface area contributed by atoms with Crippen LogP contribution < -0.4 is 0 Å². The van der Waals surface area contributed by atoms with Crippen molar-refractivity contribution in [3.63, 3.8) is 0 Å². The van der Waals surface area contributed by atoms with E-state index in [-0.39, 0.29) is 0 Å². The maximum Gasteiger partial charge on any atom is 0.336 e. The van der Waals surface area contributed by atoms with Crippen LogP contribution in [0.25, 0.3) is 21.5 Å². The minimum atomic E-state index is -0.897. The second kappa shape index (κ2) is 3.59. The zero-order valence-electron chi connectivity index (χ0n) is 8.97. The predicted molar refractivity (Wildman–Crippen MR) is 67.2 cm³/mol. The summed E-state index contributed by atoms with van der Waals surface area (Å²) < 4.78 is 0. The molecule has 0 aliphatic carbocycles. The Morgan fingerprint density at radius 3 is 2.65 bits per heavy atom. The molecule has 0 aliphatic rings. The van der Waals surface area contributed by atoms with Crippen molar-refractivity contribution in [3.8, 4) is 0 Å². The number of carboxylic acids is 1. The van der Waals surface area contributed by atoms with Gasteiger partial charge in [-0.25, -0.2) is 4.79 Å². The molecule has 1 radical (unpaired) electrons. The summed E-state index contributed by atoms with van der Waals surface area (Å²) in [5.41, 5.74) is 0.356. The summed E-state index contributed by atoms with van der Waals surface area (Å²) in [5, 5.41) is 12.8. The Bertz CT molecular complexity index is 675. The van der Waals surface area contributed by atoms with Crippen LogP contribution in [0, 0.1) is 6.07 Å². The lowest BCUT2D eigenvalue weighted by atomic mass is 9.97. The molecule has 1 N–H and O–H groups in total. The van der Waals surface area contributed by atoms with Crippen molar-refractivity contribution in [2.24, 2.45) is 0 Å². The van der Waals surface area contributed by atoms with Gasteiger partial charge in [-0.3, -0.25) is 0 Å². The van der Waals surface area contributed by atoms with E-state index in [0.29, 0.717) is 5.56 Å². The molecule has 0 fully saturated rings. The minimum absolute atomic E-state index is 0.356. The number of rotatable bonds is 1. The van der Waals surface area contributed by atoms with Crippen molar-refractivity contribution in [1.82, 2.24) is 0 Å². The lowest BCUT2D eigenvalue weighted by molar-refractivity contribution is 0.0701. The summed E-state index contributed by atoms with van der Waals surface area (Å²) in [6, 6.07) is 17.9. The molecule has 0 amide bonds. The number of hydrogen-bond acceptors (Lipinski definition) is 1. The summed E-state index contributed by atoms with van der Waals surface area (Å²) in [6.45, 7) is 0. The first-order chi connectivity index (χ1) is 8.27. The van der Waals surface area contributed by atoms with E-state index in [4.69, 9.17) is 0 Å². The molecular weight excluding hydrogens is 212 g/mol. The second-order valence-electron chi connectivity index (χ2n) is 3.93. The number of carbonyl (C=O) groups is 1. The largest absolute Gasteiger partial charge is 0.478 e. The molecule has 0 bridgehead atoms. The molecule has 0 saturated heterocycles. The van der Waals surface area contributed by atoms with E-state index in [1.54, 1.807) is 12.1 Å². The highest BCUT2D eigenvalue weighted by Gasteiger charge is 2.12. The Hall–Kier alpha value is -2.35. The number of carboxylic acid groups (broad SMARTS) is 1. The van der Waals surface area contributed by atoms with E-state index < -0.39 is 5.97 Å². The summed E-state index contributed by atoms with van der Waals surface area (Å²) in [6.07, 6.45) is 0. The SMILES string of the molecule is O=C(O)c1c2c[c]ccc2cc2ccccc12. The molecular formula is C15H9O2. The molecule has 17 heavy (non-hydrogen) atoms. The van der Waals surface area contributed by atoms with Crippen LogP contribution in [0.1, 0.15) is 10.4 Å². The first kappa shape index (κ1) is 9.85. The summed E-state index contributed by atoms with van der Waals surface area (Å²) in [7, 11) is 0. The molecule has 0 spiro atoms. The number of aromatic carboxylic acids is 1. The summed E-state index contributed by atoms with van der Waals surface area (Å²) >= 11 is 0. The first-order valence-corrected chi connectivity index (χ1v) is 5.32. The molecule has 0 saturated carbocycles. The molecule has 0 atom stereocenters. The Morgan fingerprint density at radius 2 is 1.82 bits per heavy atom. The Kier molecular flexibility index (Phi) is 2.08. The van der Waals surface area contributed by atoms with E-state index in [0.717, 1.165) is 21.5 Å². The monoisotopic (exact) mass is 221 g/mol. The van der Waals surface area contributed by atoms with Gasteiger partial charge in [0.1, 0.15) is 0 Å². The van der Waals surface area contributed by atoms with Gasteiger partial charge in [0.15, 0.2) is 0 Å². The topological polar surface area (TPSA) is 37.3 Å². The van der Waals surface area contributed by atoms with E-state index in [2.05, 4.69) is 6.07 Å². The zero-order chi connectivity index (χ0) is 11.8. The van der Waals surface area contributed by atoms with Crippen molar-refractivity contribution in [1.29, 1.82) is 0 Å². The first-order valence-electron chi connectivity index (χ1n) is 5.32. The number of hydrogen-bond donors (Lipinski definition) is 1. The molecule has 3 aromatic rings. The van der Waals surface area contributed by atoms with Crippen LogP contribution in [0.4, 0.5) is 0 Å². The van der Waals surface area contributed by atoms with Crippen molar-refractivity contribution in [2.45, 2.75) is 0 Å². The molecule has 3 rings (SSSR count). The highest BCUT2D eigenvalue weighted by molar-refractivity contribution is 6.15. The lowest BCUT2D eigenvalue weighted by Crippen LogP contribution is -1.99. The highest BCUT2D eigenvalue weighted by atomic mass is 16.4. The van der Waals surface area contributed by atoms with Crippen molar-refractivity contribution >= 4 is 27.5 Å². The van der Waals surface area contributed by atoms with Gasteiger partial charge in [0.25, 0.3) is 0 Å². The average molecular weight is 221 g/mol. The van der Waals surface area contributed by atoms with Gasteiger partial charge in [0, 0.05) is 0 Å². The van der Waals surface area contributed by atoms with Gasteiger partial charge in [0.2, 0.25) is 0 Å². The van der Waals surface area contributed by atoms with Crippen LogP contribution in [0.15, 0.2) is 48.5 Å². The van der Waals surface area contributed by atoms with Gasteiger partial charge in [-0.1, -0.05) is 36.4 Å². The van der Waals surface area contributed by atoms with Crippen molar-refractivity contribution in [2.75, 3.05) is 0 Å². The van der Waals surface area contributed by atoms with Crippen molar-refractivity contribution < 1.29 is 9.90 Å². The van der Waals surface area contributed by atoms with Crippen molar-refractivity contribution in [3.05, 3.63) is 60.2 Å². The maximum atomic E-state index is 11.4. The molecule has 2 heteroatoms. The smallest absolute Gasteiger partial charge is 0.336 e. The van der Waals surface area contributed by atoms with Crippen LogP contribution in [0.5, 0.6) is 0 Å². The number of benzene rings is 3. The van der Waals surface area contributed by atoms with E-state index in [1.165, 1.54) is 0 Å². The minimum Gasteiger partial charge on any atom is -0.478 e. The second-order valence-corrected chi connectivity index (χ2v) is 3.93. The Labute approximate surface area is 98.1 Å². The van der Waals surface area contributed by atoms with Gasteiger partial charge >= 0.3 is 5.97 Å². The van der Waals surface area contributed by atoms with Crippen LogP contribution in [-0.2, 0) is 0 Å². The quantitative estimate of drug-likeness (QED) is 0.638. The zero-order valence-corrected chi connectivity index (χ0v) is 8.97. The maximum absolute atomic E-state index is 11.4. The van der Waals surface area contributed by atoms with Gasteiger partial charge < -0.3 is 5.11 Å². The highest BCUT2D eigenvalue weighted by Crippen LogP contribution is 2.28. The average Bonchev–Trinajstić information content (AvgIpc) is 2.35. The van der Waals surface area contributed by atoms with E-state index >= 15 is 0 Å². The fourth-order valence-corrected chi connectivity index (χ4v) is 2.18. The summed E-state index contributed by atoms with van der Waals surface area (Å²) in [5.74, 6) is -0.897. The van der Waals surface area contributed by atoms with E-state index in [9.17, 15) is 9.90 Å². The van der Waals surface area contributed by atoms with E-state index in [1.807, 2.05) is 36.4 Å². The van der Waals surface area contributed by atoms with Crippen LogP contribution in [-0.4, -0.2) is 11.1 Å². The van der Waals surface area contributed by atoms with Gasteiger partial charge in [-0.05, 0) is 39.7 Å². The van der Waals surface area contributed by atoms with Crippen LogP contribution >= 0.6 is 0 Å². The van der Waals surface area contributed by atoms with Gasteiger partial charge in [-0.2, -0.15) is 0 Å². The fraction of sp³-hybridized carbons (Fsp3) is 0. The van der Waals surface area contributed by atoms with Crippen LogP contribution in [0.2, 0.25) is 0 Å². The third-order valence-electron chi connectivity index (χ3n) is 2.92. The molecule has 0 aromatic heterocycles. The standard InChI is InChI=1S/C15H9O2/c16-15(17)14-12-7-3-1-5-10(12)9-11-6-2-4-8-13(11)14/h1-3,5-9H,(H,16,17). The number of fused-ring (bicyclic) bond motifs is 2. The fourth-order valence-electron chi connectivity index (χ4n) is 2.18. The normalized spacial score (nSPS) is 10.8. The molecule has 3 aromatic carbocycles. The molecule has 81 valence electrons. The molecule has 2 nitrogen and oxygen atoms in total. The molecule has 0 aliphatic heterocycles. The predicted octanol–water partition coefficient (Wildman–Crippen LogP) is 3.49. The lowest BCUT2D eigenvalue weighted by Gasteiger charge is -2.07. The third-order valence-corrected chi connectivity index (χ3v) is 2.92. The Morgan fingerprint density at radius 1 is 1.06 bits per heavy atom. The Balaban J connectivity index is 2.61. The molecule has 0 heterocycles. The van der Waals surface area contributed by atoms with Gasteiger partial charge in [0.05, 0.1) is 5.56 Å². The van der Waals surface area contributed by atoms with Gasteiger partial charge in [-0.15, -0.1) is 0 Å². The molecule has 0 unspecified atom stereocenters. The van der Waals surface area contributed by atoms with Crippen LogP contribution in [0.3, 0.4) is 0 Å².